The maximum Gasteiger partial charge on any atom is 0.573 e. The second-order valence-electron chi connectivity index (χ2n) is 9.58. The van der Waals surface area contributed by atoms with Crippen molar-refractivity contribution in [1.82, 2.24) is 14.9 Å². The predicted octanol–water partition coefficient (Wildman–Crippen LogP) is 6.60. The van der Waals surface area contributed by atoms with Crippen molar-refractivity contribution in [2.75, 3.05) is 37.9 Å². The third-order valence-corrected chi connectivity index (χ3v) is 6.00. The number of carbonyl (C=O) groups excluding carboxylic acids is 1. The van der Waals surface area contributed by atoms with E-state index in [-0.39, 0.29) is 11.7 Å². The van der Waals surface area contributed by atoms with Gasteiger partial charge in [0.15, 0.2) is 0 Å². The van der Waals surface area contributed by atoms with Crippen molar-refractivity contribution < 1.29 is 27.4 Å². The van der Waals surface area contributed by atoms with E-state index < -0.39 is 6.36 Å². The van der Waals surface area contributed by atoms with E-state index in [0.717, 1.165) is 17.7 Å². The van der Waals surface area contributed by atoms with E-state index in [1.165, 1.54) is 24.3 Å². The Morgan fingerprint density at radius 1 is 0.927 bits per heavy atom. The molecular formula is C30H30F3N5O3. The molecule has 1 heterocycles. The van der Waals surface area contributed by atoms with Crippen LogP contribution < -0.4 is 20.1 Å². The van der Waals surface area contributed by atoms with Crippen LogP contribution in [0, 0.1) is 13.8 Å². The molecule has 1 amide bonds. The first-order valence-electron chi connectivity index (χ1n) is 12.7. The third-order valence-electron chi connectivity index (χ3n) is 6.00. The summed E-state index contributed by atoms with van der Waals surface area (Å²) in [4.78, 5) is 23.8. The van der Waals surface area contributed by atoms with E-state index in [1.54, 1.807) is 37.4 Å². The first-order chi connectivity index (χ1) is 19.5. The Labute approximate surface area is 236 Å². The minimum atomic E-state index is -4.76. The van der Waals surface area contributed by atoms with E-state index in [1.807, 2.05) is 44.1 Å². The third kappa shape index (κ3) is 8.42. The number of alkyl halides is 3. The van der Waals surface area contributed by atoms with Crippen molar-refractivity contribution in [3.63, 3.8) is 0 Å². The molecule has 0 unspecified atom stereocenters. The topological polar surface area (TPSA) is 88.6 Å². The minimum Gasteiger partial charge on any atom is -0.492 e. The highest BCUT2D eigenvalue weighted by Crippen LogP contribution is 2.28. The van der Waals surface area contributed by atoms with E-state index in [9.17, 15) is 18.0 Å². The van der Waals surface area contributed by atoms with Crippen LogP contribution in [0.5, 0.6) is 11.5 Å². The highest BCUT2D eigenvalue weighted by Gasteiger charge is 2.31. The number of rotatable bonds is 10. The van der Waals surface area contributed by atoms with Crippen LogP contribution in [-0.4, -0.2) is 54.4 Å². The summed E-state index contributed by atoms with van der Waals surface area (Å²) in [6.07, 6.45) is -3.14. The summed E-state index contributed by atoms with van der Waals surface area (Å²) in [6, 6.07) is 17.9. The van der Waals surface area contributed by atoms with Crippen LogP contribution in [0.4, 0.5) is 30.5 Å². The molecule has 0 atom stereocenters. The standard InChI is InChI=1S/C30H30F3N5O3/c1-19-5-12-25(40-16-15-38(3)4)17-26(19)36-28(39)22-6-10-23(11-7-22)35-29-34-18-20(2)27(37-29)21-8-13-24(14-9-21)41-30(31,32)33/h5-14,17-18H,15-16H2,1-4H3,(H,36,39)(H,34,35,37). The second-order valence-corrected chi connectivity index (χ2v) is 9.58. The number of ether oxygens (including phenoxy) is 2. The number of benzene rings is 3. The lowest BCUT2D eigenvalue weighted by molar-refractivity contribution is -0.274. The first-order valence-corrected chi connectivity index (χ1v) is 12.7. The van der Waals surface area contributed by atoms with Gasteiger partial charge in [-0.25, -0.2) is 9.97 Å². The number of hydrogen-bond donors (Lipinski definition) is 2. The molecule has 0 saturated carbocycles. The fraction of sp³-hybridized carbons (Fsp3) is 0.233. The zero-order valence-corrected chi connectivity index (χ0v) is 23.0. The molecule has 4 rings (SSSR count). The number of anilines is 3. The Balaban J connectivity index is 1.41. The Hall–Kier alpha value is -4.64. The largest absolute Gasteiger partial charge is 0.573 e. The average Bonchev–Trinajstić information content (AvgIpc) is 2.91. The molecule has 11 heteroatoms. The highest BCUT2D eigenvalue weighted by atomic mass is 19.4. The molecule has 214 valence electrons. The molecule has 2 N–H and O–H groups in total. The lowest BCUT2D eigenvalue weighted by atomic mass is 10.1. The van der Waals surface area contributed by atoms with Gasteiger partial charge in [-0.15, -0.1) is 13.2 Å². The van der Waals surface area contributed by atoms with Crippen molar-refractivity contribution in [3.05, 3.63) is 89.6 Å². The number of hydrogen-bond acceptors (Lipinski definition) is 7. The fourth-order valence-corrected chi connectivity index (χ4v) is 3.81. The number of amides is 1. The highest BCUT2D eigenvalue weighted by molar-refractivity contribution is 6.05. The molecule has 0 spiro atoms. The van der Waals surface area contributed by atoms with Crippen LogP contribution in [0.1, 0.15) is 21.5 Å². The zero-order valence-electron chi connectivity index (χ0n) is 23.0. The number of likely N-dealkylation sites (N-methyl/N-ethyl adjacent to an activating group) is 1. The molecule has 0 aliphatic carbocycles. The van der Waals surface area contributed by atoms with Gasteiger partial charge in [-0.05, 0) is 93.7 Å². The molecule has 0 saturated heterocycles. The summed E-state index contributed by atoms with van der Waals surface area (Å²) in [5.74, 6) is 0.388. The Bertz CT molecular complexity index is 1490. The Morgan fingerprint density at radius 2 is 1.61 bits per heavy atom. The number of aryl methyl sites for hydroxylation is 2. The zero-order chi connectivity index (χ0) is 29.6. The Morgan fingerprint density at radius 3 is 2.27 bits per heavy atom. The molecule has 0 bridgehead atoms. The van der Waals surface area contributed by atoms with Gasteiger partial charge in [0.05, 0.1) is 5.69 Å². The van der Waals surface area contributed by atoms with Gasteiger partial charge in [0.25, 0.3) is 5.91 Å². The molecule has 1 aromatic heterocycles. The van der Waals surface area contributed by atoms with E-state index in [2.05, 4.69) is 25.3 Å². The lowest BCUT2D eigenvalue weighted by Crippen LogP contribution is -2.19. The fourth-order valence-electron chi connectivity index (χ4n) is 3.81. The van der Waals surface area contributed by atoms with Crippen molar-refractivity contribution >= 4 is 23.2 Å². The summed E-state index contributed by atoms with van der Waals surface area (Å²) < 4.78 is 47.1. The SMILES string of the molecule is Cc1ccc(OCCN(C)C)cc1NC(=O)c1ccc(Nc2ncc(C)c(-c3ccc(OC(F)(F)F)cc3)n2)cc1. The number of aromatic nitrogens is 2. The minimum absolute atomic E-state index is 0.267. The van der Waals surface area contributed by atoms with Gasteiger partial charge in [-0.2, -0.15) is 0 Å². The molecule has 41 heavy (non-hydrogen) atoms. The predicted molar refractivity (Wildman–Crippen MR) is 152 cm³/mol. The van der Waals surface area contributed by atoms with Gasteiger partial charge in [-0.3, -0.25) is 4.79 Å². The van der Waals surface area contributed by atoms with Crippen LogP contribution in [0.3, 0.4) is 0 Å². The summed E-state index contributed by atoms with van der Waals surface area (Å²) in [5.41, 5.74) is 4.59. The van der Waals surface area contributed by atoms with Gasteiger partial charge in [0.1, 0.15) is 18.1 Å². The number of halogens is 3. The number of nitrogens with one attached hydrogen (secondary N) is 2. The lowest BCUT2D eigenvalue weighted by Gasteiger charge is -2.14. The number of carbonyl (C=O) groups is 1. The maximum absolute atomic E-state index is 12.9. The van der Waals surface area contributed by atoms with Crippen LogP contribution in [0.2, 0.25) is 0 Å². The van der Waals surface area contributed by atoms with Gasteiger partial charge < -0.3 is 25.0 Å². The van der Waals surface area contributed by atoms with Crippen molar-refractivity contribution in [1.29, 1.82) is 0 Å². The van der Waals surface area contributed by atoms with Crippen LogP contribution in [0.15, 0.2) is 72.9 Å². The van der Waals surface area contributed by atoms with Crippen molar-refractivity contribution in [2.45, 2.75) is 20.2 Å². The van der Waals surface area contributed by atoms with E-state index >= 15 is 0 Å². The molecule has 4 aromatic rings. The Kier molecular flexibility index (Phi) is 9.08. The van der Waals surface area contributed by atoms with Gasteiger partial charge in [-0.1, -0.05) is 6.07 Å². The van der Waals surface area contributed by atoms with Crippen LogP contribution in [0.25, 0.3) is 11.3 Å². The summed E-state index contributed by atoms with van der Waals surface area (Å²) >= 11 is 0. The average molecular weight is 566 g/mol. The molecule has 0 fully saturated rings. The summed E-state index contributed by atoms with van der Waals surface area (Å²) in [5, 5.41) is 6.03. The van der Waals surface area contributed by atoms with E-state index in [0.29, 0.717) is 46.5 Å². The van der Waals surface area contributed by atoms with Gasteiger partial charge in [0.2, 0.25) is 5.95 Å². The molecule has 0 radical (unpaired) electrons. The van der Waals surface area contributed by atoms with Gasteiger partial charge in [0, 0.05) is 41.3 Å². The number of nitrogens with zero attached hydrogens (tertiary/aromatic N) is 3. The van der Waals surface area contributed by atoms with Gasteiger partial charge >= 0.3 is 6.36 Å². The van der Waals surface area contributed by atoms with Crippen molar-refractivity contribution in [3.8, 4) is 22.8 Å². The van der Waals surface area contributed by atoms with Crippen molar-refractivity contribution in [2.24, 2.45) is 0 Å². The second kappa shape index (κ2) is 12.7. The molecule has 0 aliphatic rings. The molecule has 0 aliphatic heterocycles. The monoisotopic (exact) mass is 565 g/mol. The molecule has 8 nitrogen and oxygen atoms in total. The molecule has 3 aromatic carbocycles. The normalized spacial score (nSPS) is 11.3. The van der Waals surface area contributed by atoms with E-state index in [4.69, 9.17) is 4.74 Å². The molecular weight excluding hydrogens is 535 g/mol. The first kappa shape index (κ1) is 29.3. The van der Waals surface area contributed by atoms with Crippen LogP contribution >= 0.6 is 0 Å². The quantitative estimate of drug-likeness (QED) is 0.224. The summed E-state index contributed by atoms with van der Waals surface area (Å²) in [6.45, 7) is 5.03. The smallest absolute Gasteiger partial charge is 0.492 e. The maximum atomic E-state index is 12.9. The summed E-state index contributed by atoms with van der Waals surface area (Å²) in [7, 11) is 3.94. The van der Waals surface area contributed by atoms with Crippen LogP contribution in [-0.2, 0) is 0 Å².